The van der Waals surface area contributed by atoms with E-state index in [4.69, 9.17) is 0 Å². The Hall–Kier alpha value is -2.70. The van der Waals surface area contributed by atoms with Gasteiger partial charge in [-0.2, -0.15) is 0 Å². The van der Waals surface area contributed by atoms with Crippen molar-refractivity contribution in [2.24, 2.45) is 0 Å². The molecule has 134 valence electrons. The number of piperazine rings is 1. The average molecular weight is 349 g/mol. The van der Waals surface area contributed by atoms with Crippen LogP contribution in [0, 0.1) is 0 Å². The normalized spacial score (nSPS) is 16.0. The van der Waals surface area contributed by atoms with Crippen LogP contribution in [0.4, 0.5) is 5.69 Å². The first-order valence-corrected chi connectivity index (χ1v) is 8.98. The molecule has 0 spiro atoms. The van der Waals surface area contributed by atoms with Gasteiger partial charge < -0.3 is 9.72 Å². The largest absolute Gasteiger partial charge is 0.325 e. The Morgan fingerprint density at radius 1 is 0.962 bits per heavy atom. The van der Waals surface area contributed by atoms with Crippen LogP contribution in [0.3, 0.4) is 0 Å². The molecule has 1 saturated heterocycles. The van der Waals surface area contributed by atoms with Gasteiger partial charge >= 0.3 is 0 Å². The fourth-order valence-electron chi connectivity index (χ4n) is 3.32. The highest BCUT2D eigenvalue weighted by Crippen LogP contribution is 2.10. The Labute approximate surface area is 153 Å². The number of fused-ring (bicyclic) bond motifs is 1. The zero-order valence-corrected chi connectivity index (χ0v) is 14.7. The summed E-state index contributed by atoms with van der Waals surface area (Å²) >= 11 is 0. The van der Waals surface area contributed by atoms with Crippen molar-refractivity contribution in [1.29, 1.82) is 0 Å². The molecule has 6 nitrogen and oxygen atoms in total. The van der Waals surface area contributed by atoms with E-state index in [0.717, 1.165) is 49.8 Å². The van der Waals surface area contributed by atoms with Gasteiger partial charge in [-0.15, -0.1) is 0 Å². The number of aromatic nitrogens is 2. The molecule has 0 bridgehead atoms. The summed E-state index contributed by atoms with van der Waals surface area (Å²) in [7, 11) is 0. The molecule has 1 aliphatic rings. The van der Waals surface area contributed by atoms with Gasteiger partial charge in [0.1, 0.15) is 5.65 Å². The quantitative estimate of drug-likeness (QED) is 0.766. The molecule has 0 atom stereocenters. The SMILES string of the molecule is O=C(CN1CCN(Cc2cn3ccccc3n2)CC1)Nc1ccccc1. The highest BCUT2D eigenvalue weighted by atomic mass is 16.2. The Morgan fingerprint density at radius 3 is 2.46 bits per heavy atom. The standard InChI is InChI=1S/C20H23N5O/c26-20(22-17-6-2-1-3-7-17)16-24-12-10-23(11-13-24)14-18-15-25-9-5-4-8-19(25)21-18/h1-9,15H,10-14,16H2,(H,22,26). The average Bonchev–Trinajstić information content (AvgIpc) is 3.06. The lowest BCUT2D eigenvalue weighted by atomic mass is 10.3. The number of rotatable bonds is 5. The smallest absolute Gasteiger partial charge is 0.238 e. The van der Waals surface area contributed by atoms with Crippen LogP contribution in [0.25, 0.3) is 5.65 Å². The van der Waals surface area contributed by atoms with Crippen LogP contribution in [0.15, 0.2) is 60.9 Å². The number of amides is 1. The van der Waals surface area contributed by atoms with Crippen molar-refractivity contribution in [1.82, 2.24) is 19.2 Å². The number of benzene rings is 1. The van der Waals surface area contributed by atoms with Gasteiger partial charge in [0.25, 0.3) is 0 Å². The summed E-state index contributed by atoms with van der Waals surface area (Å²) in [6.45, 7) is 4.99. The molecule has 1 aliphatic heterocycles. The van der Waals surface area contributed by atoms with E-state index in [-0.39, 0.29) is 5.91 Å². The van der Waals surface area contributed by atoms with Crippen LogP contribution in [-0.4, -0.2) is 57.8 Å². The number of carbonyl (C=O) groups excluding carboxylic acids is 1. The van der Waals surface area contributed by atoms with Crippen molar-refractivity contribution in [3.8, 4) is 0 Å². The third-order valence-corrected chi connectivity index (χ3v) is 4.69. The Balaban J connectivity index is 1.25. The molecule has 2 aromatic heterocycles. The van der Waals surface area contributed by atoms with E-state index in [1.165, 1.54) is 0 Å². The summed E-state index contributed by atoms with van der Waals surface area (Å²) < 4.78 is 2.06. The van der Waals surface area contributed by atoms with E-state index in [1.54, 1.807) is 0 Å². The van der Waals surface area contributed by atoms with Crippen molar-refractivity contribution >= 4 is 17.2 Å². The first kappa shape index (κ1) is 16.8. The molecule has 0 saturated carbocycles. The first-order valence-electron chi connectivity index (χ1n) is 8.98. The van der Waals surface area contributed by atoms with Crippen molar-refractivity contribution in [3.63, 3.8) is 0 Å². The zero-order valence-electron chi connectivity index (χ0n) is 14.7. The second kappa shape index (κ2) is 7.68. The maximum atomic E-state index is 12.2. The number of imidazole rings is 1. The summed E-state index contributed by atoms with van der Waals surface area (Å²) in [6.07, 6.45) is 4.12. The molecule has 0 unspecified atom stereocenters. The molecule has 26 heavy (non-hydrogen) atoms. The van der Waals surface area contributed by atoms with Crippen LogP contribution < -0.4 is 5.32 Å². The Kier molecular flexibility index (Phi) is 4.95. The number of hydrogen-bond acceptors (Lipinski definition) is 4. The molecule has 6 heteroatoms. The van der Waals surface area contributed by atoms with Gasteiger partial charge in [0.2, 0.25) is 5.91 Å². The van der Waals surface area contributed by atoms with Crippen molar-refractivity contribution in [2.75, 3.05) is 38.0 Å². The minimum atomic E-state index is 0.0463. The molecule has 3 heterocycles. The van der Waals surface area contributed by atoms with Crippen molar-refractivity contribution in [3.05, 3.63) is 66.6 Å². The van der Waals surface area contributed by atoms with Crippen LogP contribution in [-0.2, 0) is 11.3 Å². The number of hydrogen-bond donors (Lipinski definition) is 1. The molecule has 1 N–H and O–H groups in total. The summed E-state index contributed by atoms with van der Waals surface area (Å²) in [5.41, 5.74) is 2.92. The number of nitrogens with zero attached hydrogens (tertiary/aromatic N) is 4. The van der Waals surface area contributed by atoms with Gasteiger partial charge in [-0.25, -0.2) is 4.98 Å². The Morgan fingerprint density at radius 2 is 1.69 bits per heavy atom. The topological polar surface area (TPSA) is 52.9 Å². The molecule has 1 aromatic carbocycles. The maximum absolute atomic E-state index is 12.2. The highest BCUT2D eigenvalue weighted by molar-refractivity contribution is 5.92. The predicted molar refractivity (Wildman–Crippen MR) is 102 cm³/mol. The van der Waals surface area contributed by atoms with Crippen LogP contribution >= 0.6 is 0 Å². The minimum Gasteiger partial charge on any atom is -0.325 e. The molecule has 0 radical (unpaired) electrons. The summed E-state index contributed by atoms with van der Waals surface area (Å²) in [5.74, 6) is 0.0463. The molecule has 3 aromatic rings. The fourth-order valence-corrected chi connectivity index (χ4v) is 3.32. The highest BCUT2D eigenvalue weighted by Gasteiger charge is 2.19. The number of anilines is 1. The van der Waals surface area contributed by atoms with E-state index < -0.39 is 0 Å². The molecule has 1 amide bonds. The Bertz CT molecular complexity index is 835. The summed E-state index contributed by atoms with van der Waals surface area (Å²) in [4.78, 5) is 21.4. The monoisotopic (exact) mass is 349 g/mol. The maximum Gasteiger partial charge on any atom is 0.238 e. The van der Waals surface area contributed by atoms with E-state index in [2.05, 4.69) is 30.7 Å². The van der Waals surface area contributed by atoms with Crippen LogP contribution in [0.2, 0.25) is 0 Å². The molecular formula is C20H23N5O. The molecular weight excluding hydrogens is 326 g/mol. The van der Waals surface area contributed by atoms with Gasteiger partial charge in [-0.3, -0.25) is 14.6 Å². The lowest BCUT2D eigenvalue weighted by Crippen LogP contribution is -2.48. The number of carbonyl (C=O) groups is 1. The zero-order chi connectivity index (χ0) is 17.8. The van der Waals surface area contributed by atoms with Crippen LogP contribution in [0.5, 0.6) is 0 Å². The predicted octanol–water partition coefficient (Wildman–Crippen LogP) is 2.09. The van der Waals surface area contributed by atoms with E-state index in [9.17, 15) is 4.79 Å². The van der Waals surface area contributed by atoms with E-state index in [1.807, 2.05) is 54.7 Å². The lowest BCUT2D eigenvalue weighted by molar-refractivity contribution is -0.117. The first-order chi connectivity index (χ1) is 12.8. The molecule has 1 fully saturated rings. The van der Waals surface area contributed by atoms with Crippen LogP contribution in [0.1, 0.15) is 5.69 Å². The molecule has 4 rings (SSSR count). The van der Waals surface area contributed by atoms with Gasteiger partial charge in [-0.1, -0.05) is 24.3 Å². The van der Waals surface area contributed by atoms with E-state index >= 15 is 0 Å². The number of nitrogens with one attached hydrogen (secondary N) is 1. The second-order valence-corrected chi connectivity index (χ2v) is 6.66. The lowest BCUT2D eigenvalue weighted by Gasteiger charge is -2.33. The number of pyridine rings is 1. The van der Waals surface area contributed by atoms with Gasteiger partial charge in [-0.05, 0) is 24.3 Å². The van der Waals surface area contributed by atoms with Crippen molar-refractivity contribution in [2.45, 2.75) is 6.54 Å². The fraction of sp³-hybridized carbons (Fsp3) is 0.300. The second-order valence-electron chi connectivity index (χ2n) is 6.66. The summed E-state index contributed by atoms with van der Waals surface area (Å²) in [6, 6.07) is 15.6. The van der Waals surface area contributed by atoms with E-state index in [0.29, 0.717) is 6.54 Å². The van der Waals surface area contributed by atoms with Gasteiger partial charge in [0.15, 0.2) is 0 Å². The minimum absolute atomic E-state index is 0.0463. The van der Waals surface area contributed by atoms with Crippen molar-refractivity contribution < 1.29 is 4.79 Å². The third kappa shape index (κ3) is 4.09. The van der Waals surface area contributed by atoms with Gasteiger partial charge in [0, 0.05) is 50.8 Å². The number of para-hydroxylation sites is 1. The van der Waals surface area contributed by atoms with Gasteiger partial charge in [0.05, 0.1) is 12.2 Å². The summed E-state index contributed by atoms with van der Waals surface area (Å²) in [5, 5.41) is 2.95. The molecule has 0 aliphatic carbocycles. The third-order valence-electron chi connectivity index (χ3n) is 4.69.